The highest BCUT2D eigenvalue weighted by Crippen LogP contribution is 2.30. The van der Waals surface area contributed by atoms with Gasteiger partial charge in [0.1, 0.15) is 0 Å². The number of benzene rings is 2. The van der Waals surface area contributed by atoms with Crippen LogP contribution in [0.5, 0.6) is 0 Å². The highest BCUT2D eigenvalue weighted by molar-refractivity contribution is 9.10. The van der Waals surface area contributed by atoms with E-state index < -0.39 is 10.0 Å². The van der Waals surface area contributed by atoms with Crippen molar-refractivity contribution >= 4 is 58.5 Å². The summed E-state index contributed by atoms with van der Waals surface area (Å²) in [4.78, 5) is 17.0. The minimum atomic E-state index is -3.58. The van der Waals surface area contributed by atoms with E-state index >= 15 is 0 Å². The molecule has 1 aliphatic heterocycles. The highest BCUT2D eigenvalue weighted by atomic mass is 79.9. The van der Waals surface area contributed by atoms with Crippen molar-refractivity contribution in [2.75, 3.05) is 31.6 Å². The fraction of sp³-hybridized carbons (Fsp3) is 0.222. The summed E-state index contributed by atoms with van der Waals surface area (Å²) >= 11 is 4.58. The number of aromatic nitrogens is 1. The van der Waals surface area contributed by atoms with Gasteiger partial charge in [-0.15, -0.1) is 0 Å². The molecule has 28 heavy (non-hydrogen) atoms. The van der Waals surface area contributed by atoms with Crippen molar-refractivity contribution in [1.82, 2.24) is 9.29 Å². The maximum absolute atomic E-state index is 12.8. The Morgan fingerprint density at radius 2 is 1.96 bits per heavy atom. The zero-order valence-corrected chi connectivity index (χ0v) is 17.8. The van der Waals surface area contributed by atoms with E-state index in [1.165, 1.54) is 15.6 Å². The van der Waals surface area contributed by atoms with Crippen LogP contribution in [0.4, 0.5) is 5.13 Å². The second-order valence-corrected chi connectivity index (χ2v) is 10.0. The van der Waals surface area contributed by atoms with Gasteiger partial charge < -0.3 is 4.74 Å². The van der Waals surface area contributed by atoms with Crippen LogP contribution in [0, 0.1) is 0 Å². The summed E-state index contributed by atoms with van der Waals surface area (Å²) in [6.07, 6.45) is 0. The number of hydrogen-bond acceptors (Lipinski definition) is 6. The molecule has 1 fully saturated rings. The molecular weight excluding hydrogens is 466 g/mol. The number of sulfonamides is 1. The number of anilines is 1. The Bertz CT molecular complexity index is 1140. The maximum atomic E-state index is 12.8. The van der Waals surface area contributed by atoms with Crippen LogP contribution in [0.25, 0.3) is 10.2 Å². The largest absolute Gasteiger partial charge is 0.379 e. The average Bonchev–Trinajstić information content (AvgIpc) is 3.10. The summed E-state index contributed by atoms with van der Waals surface area (Å²) in [5, 5.41) is 3.19. The zero-order chi connectivity index (χ0) is 19.7. The average molecular weight is 482 g/mol. The number of halogens is 1. The molecule has 0 spiro atoms. The molecule has 0 radical (unpaired) electrons. The van der Waals surface area contributed by atoms with Gasteiger partial charge in [0, 0.05) is 23.1 Å². The van der Waals surface area contributed by atoms with E-state index in [2.05, 4.69) is 26.2 Å². The Labute approximate surface area is 174 Å². The molecule has 1 aliphatic rings. The van der Waals surface area contributed by atoms with E-state index in [0.717, 1.165) is 4.47 Å². The van der Waals surface area contributed by atoms with Gasteiger partial charge in [0.25, 0.3) is 5.91 Å². The minimum absolute atomic E-state index is 0.218. The number of hydrogen-bond donors (Lipinski definition) is 1. The van der Waals surface area contributed by atoms with Crippen LogP contribution in [0.3, 0.4) is 0 Å². The second-order valence-electron chi connectivity index (χ2n) is 6.13. The summed E-state index contributed by atoms with van der Waals surface area (Å²) in [7, 11) is -3.58. The monoisotopic (exact) mass is 481 g/mol. The van der Waals surface area contributed by atoms with Gasteiger partial charge in [-0.25, -0.2) is 13.4 Å². The van der Waals surface area contributed by atoms with Crippen molar-refractivity contribution in [1.29, 1.82) is 0 Å². The third kappa shape index (κ3) is 3.96. The number of nitrogens with zero attached hydrogens (tertiary/aromatic N) is 2. The lowest BCUT2D eigenvalue weighted by atomic mass is 10.2. The lowest BCUT2D eigenvalue weighted by Gasteiger charge is -2.25. The number of thiazole rings is 1. The Hall–Kier alpha value is -1.85. The topological polar surface area (TPSA) is 88.6 Å². The summed E-state index contributed by atoms with van der Waals surface area (Å²) in [6.45, 7) is 1.48. The van der Waals surface area contributed by atoms with Crippen molar-refractivity contribution in [3.8, 4) is 0 Å². The Morgan fingerprint density at radius 1 is 1.18 bits per heavy atom. The lowest BCUT2D eigenvalue weighted by Crippen LogP contribution is -2.40. The van der Waals surface area contributed by atoms with Crippen molar-refractivity contribution in [3.63, 3.8) is 0 Å². The molecule has 0 atom stereocenters. The van der Waals surface area contributed by atoms with Crippen molar-refractivity contribution in [3.05, 3.63) is 52.5 Å². The van der Waals surface area contributed by atoms with Crippen LogP contribution in [-0.4, -0.2) is 49.9 Å². The molecule has 146 valence electrons. The smallest absolute Gasteiger partial charge is 0.257 e. The van der Waals surface area contributed by atoms with Crippen LogP contribution in [0.15, 0.2) is 51.8 Å². The first-order valence-electron chi connectivity index (χ1n) is 8.49. The third-order valence-electron chi connectivity index (χ3n) is 4.28. The molecule has 0 aliphatic carbocycles. The van der Waals surface area contributed by atoms with Crippen LogP contribution in [0.1, 0.15) is 10.4 Å². The van der Waals surface area contributed by atoms with Gasteiger partial charge in [-0.1, -0.05) is 33.3 Å². The molecule has 4 rings (SSSR count). The zero-order valence-electron chi connectivity index (χ0n) is 14.6. The second kappa shape index (κ2) is 7.88. The van der Waals surface area contributed by atoms with Crippen molar-refractivity contribution < 1.29 is 17.9 Å². The highest BCUT2D eigenvalue weighted by Gasteiger charge is 2.26. The minimum Gasteiger partial charge on any atom is -0.379 e. The first-order valence-corrected chi connectivity index (χ1v) is 11.5. The number of carbonyl (C=O) groups is 1. The van der Waals surface area contributed by atoms with E-state index in [9.17, 15) is 13.2 Å². The number of carbonyl (C=O) groups excluding carboxylic acids is 1. The summed E-state index contributed by atoms with van der Waals surface area (Å²) < 4.78 is 33.8. The van der Waals surface area contributed by atoms with Gasteiger partial charge in [0.2, 0.25) is 10.0 Å². The van der Waals surface area contributed by atoms with E-state index in [1.54, 1.807) is 36.4 Å². The molecule has 1 N–H and O–H groups in total. The molecule has 7 nitrogen and oxygen atoms in total. The molecule has 2 heterocycles. The van der Waals surface area contributed by atoms with Gasteiger partial charge >= 0.3 is 0 Å². The number of morpholine rings is 1. The van der Waals surface area contributed by atoms with E-state index in [0.29, 0.717) is 47.2 Å². The van der Waals surface area contributed by atoms with Gasteiger partial charge in [0.15, 0.2) is 5.13 Å². The van der Waals surface area contributed by atoms with Crippen LogP contribution < -0.4 is 5.32 Å². The van der Waals surface area contributed by atoms with Gasteiger partial charge in [-0.05, 0) is 36.4 Å². The normalized spacial score (nSPS) is 15.6. The first-order chi connectivity index (χ1) is 13.4. The van der Waals surface area contributed by atoms with Crippen molar-refractivity contribution in [2.45, 2.75) is 4.90 Å². The number of amides is 1. The first kappa shape index (κ1) is 19.5. The summed E-state index contributed by atoms with van der Waals surface area (Å²) in [6, 6.07) is 11.9. The van der Waals surface area contributed by atoms with Gasteiger partial charge in [0.05, 0.1) is 28.3 Å². The molecule has 1 aromatic heterocycles. The van der Waals surface area contributed by atoms with Crippen LogP contribution >= 0.6 is 27.3 Å². The Morgan fingerprint density at radius 3 is 2.71 bits per heavy atom. The standard InChI is InChI=1S/C18H16BrN3O4S2/c19-13-3-1-2-12(10-13)17(23)21-18-20-15-5-4-14(11-16(15)27-18)28(24,25)22-6-8-26-9-7-22/h1-5,10-11H,6-9H2,(H,20,21,23). The Balaban J connectivity index is 1.59. The lowest BCUT2D eigenvalue weighted by molar-refractivity contribution is 0.0730. The number of ether oxygens (including phenoxy) is 1. The molecule has 1 saturated heterocycles. The number of nitrogens with one attached hydrogen (secondary N) is 1. The molecule has 0 unspecified atom stereocenters. The summed E-state index contributed by atoms with van der Waals surface area (Å²) in [5.41, 5.74) is 1.14. The van der Waals surface area contributed by atoms with E-state index in [1.807, 2.05) is 6.07 Å². The van der Waals surface area contributed by atoms with Gasteiger partial charge in [-0.2, -0.15) is 4.31 Å². The Kier molecular flexibility index (Phi) is 5.48. The number of rotatable bonds is 4. The van der Waals surface area contributed by atoms with Crippen LogP contribution in [-0.2, 0) is 14.8 Å². The molecule has 10 heteroatoms. The summed E-state index contributed by atoms with van der Waals surface area (Å²) in [5.74, 6) is -0.276. The quantitative estimate of drug-likeness (QED) is 0.617. The maximum Gasteiger partial charge on any atom is 0.257 e. The molecule has 0 saturated carbocycles. The molecular formula is C18H16BrN3O4S2. The molecule has 1 amide bonds. The van der Waals surface area contributed by atoms with Gasteiger partial charge in [-0.3, -0.25) is 10.1 Å². The predicted octanol–water partition coefficient (Wildman–Crippen LogP) is 3.33. The third-order valence-corrected chi connectivity index (χ3v) is 7.60. The molecule has 2 aromatic carbocycles. The predicted molar refractivity (Wildman–Crippen MR) is 111 cm³/mol. The fourth-order valence-corrected chi connectivity index (χ4v) is 5.66. The number of fused-ring (bicyclic) bond motifs is 1. The molecule has 3 aromatic rings. The van der Waals surface area contributed by atoms with E-state index in [4.69, 9.17) is 4.74 Å². The van der Waals surface area contributed by atoms with Crippen molar-refractivity contribution in [2.24, 2.45) is 0 Å². The van der Waals surface area contributed by atoms with E-state index in [-0.39, 0.29) is 10.8 Å². The van der Waals surface area contributed by atoms with Crippen LogP contribution in [0.2, 0.25) is 0 Å². The SMILES string of the molecule is O=C(Nc1nc2ccc(S(=O)(=O)N3CCOCC3)cc2s1)c1cccc(Br)c1. The molecule has 0 bridgehead atoms. The fourth-order valence-electron chi connectivity index (χ4n) is 2.85.